The number of rotatable bonds is 2. The van der Waals surface area contributed by atoms with E-state index in [0.717, 1.165) is 5.57 Å². The normalized spacial score (nSPS) is 27.6. The van der Waals surface area contributed by atoms with Crippen molar-refractivity contribution < 1.29 is 19.4 Å². The van der Waals surface area contributed by atoms with Crippen molar-refractivity contribution in [3.05, 3.63) is 41.0 Å². The molecule has 0 amide bonds. The largest absolute Gasteiger partial charge is 0.507 e. The number of phenols is 1. The molecule has 1 aromatic rings. The minimum absolute atomic E-state index is 0.100. The van der Waals surface area contributed by atoms with E-state index in [1.807, 2.05) is 19.9 Å². The van der Waals surface area contributed by atoms with Crippen molar-refractivity contribution in [3.8, 4) is 5.75 Å². The molecule has 0 radical (unpaired) electrons. The molecule has 1 N–H and O–H groups in total. The van der Waals surface area contributed by atoms with Crippen LogP contribution in [0.2, 0.25) is 0 Å². The summed E-state index contributed by atoms with van der Waals surface area (Å²) < 4.78 is 5.42. The highest BCUT2D eigenvalue weighted by atomic mass is 16.6. The van der Waals surface area contributed by atoms with Crippen molar-refractivity contribution in [2.45, 2.75) is 32.0 Å². The third-order valence-corrected chi connectivity index (χ3v) is 3.67. The van der Waals surface area contributed by atoms with Gasteiger partial charge in [0, 0.05) is 12.0 Å². The van der Waals surface area contributed by atoms with Crippen LogP contribution in [0.3, 0.4) is 0 Å². The molecule has 4 heteroatoms. The smallest absolute Gasteiger partial charge is 0.202 e. The molecule has 4 nitrogen and oxygen atoms in total. The summed E-state index contributed by atoms with van der Waals surface area (Å²) in [7, 11) is 0. The summed E-state index contributed by atoms with van der Waals surface area (Å²) in [6.45, 7) is 3.85. The first-order valence-corrected chi connectivity index (χ1v) is 6.19. The number of ketones is 2. The number of aromatic hydroxyl groups is 1. The van der Waals surface area contributed by atoms with Gasteiger partial charge in [0.15, 0.2) is 17.5 Å². The van der Waals surface area contributed by atoms with Gasteiger partial charge in [0.05, 0.1) is 5.56 Å². The average Bonchev–Trinajstić information content (AvgIpc) is 3.10. The molecule has 2 unspecified atom stereocenters. The maximum atomic E-state index is 12.5. The summed E-state index contributed by atoms with van der Waals surface area (Å²) in [5.74, 6) is -0.656. The van der Waals surface area contributed by atoms with Crippen molar-refractivity contribution in [2.75, 3.05) is 0 Å². The molecule has 0 bridgehead atoms. The predicted molar refractivity (Wildman–Crippen MR) is 68.4 cm³/mol. The fraction of sp³-hybridized carbons (Fsp3) is 0.333. The Morgan fingerprint density at radius 3 is 2.84 bits per heavy atom. The van der Waals surface area contributed by atoms with Gasteiger partial charge in [-0.05, 0) is 19.9 Å². The van der Waals surface area contributed by atoms with Gasteiger partial charge in [0.2, 0.25) is 5.78 Å². The minimum atomic E-state index is -1.08. The van der Waals surface area contributed by atoms with Crippen molar-refractivity contribution in [1.29, 1.82) is 0 Å². The second-order valence-corrected chi connectivity index (χ2v) is 5.27. The number of hydrogen-bond donors (Lipinski definition) is 1. The van der Waals surface area contributed by atoms with E-state index in [0.29, 0.717) is 6.42 Å². The Hall–Kier alpha value is -1.94. The molecule has 3 rings (SSSR count). The number of ether oxygens (including phenoxy) is 1. The van der Waals surface area contributed by atoms with E-state index in [4.69, 9.17) is 4.74 Å². The molecule has 1 aliphatic heterocycles. The lowest BCUT2D eigenvalue weighted by Crippen LogP contribution is -2.36. The lowest BCUT2D eigenvalue weighted by molar-refractivity contribution is 0.0859. The van der Waals surface area contributed by atoms with E-state index in [9.17, 15) is 14.7 Å². The molecule has 19 heavy (non-hydrogen) atoms. The van der Waals surface area contributed by atoms with Crippen LogP contribution in [0.1, 0.15) is 41.0 Å². The Bertz CT molecular complexity index is 625. The molecule has 0 aromatic heterocycles. The van der Waals surface area contributed by atoms with Gasteiger partial charge < -0.3 is 9.84 Å². The lowest BCUT2D eigenvalue weighted by atomic mass is 9.79. The zero-order valence-electron chi connectivity index (χ0n) is 10.8. The molecule has 2 atom stereocenters. The van der Waals surface area contributed by atoms with Crippen LogP contribution in [-0.4, -0.2) is 28.4 Å². The standard InChI is InChI=1S/C15H14O4/c1-8(2)6-7-15-13(18)11-9(4-3-5-10(11)16)12(17)14(15)19-15/h3-6,14,16H,7H2,1-2H3. The van der Waals surface area contributed by atoms with E-state index in [-0.39, 0.29) is 28.4 Å². The summed E-state index contributed by atoms with van der Waals surface area (Å²) >= 11 is 0. The number of benzene rings is 1. The fourth-order valence-electron chi connectivity index (χ4n) is 2.55. The molecular weight excluding hydrogens is 244 g/mol. The van der Waals surface area contributed by atoms with Gasteiger partial charge in [-0.15, -0.1) is 0 Å². The first-order valence-electron chi connectivity index (χ1n) is 6.19. The van der Waals surface area contributed by atoms with E-state index in [1.165, 1.54) is 6.07 Å². The minimum Gasteiger partial charge on any atom is -0.507 e. The third-order valence-electron chi connectivity index (χ3n) is 3.67. The molecule has 1 fully saturated rings. The van der Waals surface area contributed by atoms with Crippen LogP contribution in [0.5, 0.6) is 5.75 Å². The highest BCUT2D eigenvalue weighted by Gasteiger charge is 2.68. The number of hydrogen-bond acceptors (Lipinski definition) is 4. The Morgan fingerprint density at radius 1 is 1.42 bits per heavy atom. The van der Waals surface area contributed by atoms with Gasteiger partial charge in [0.1, 0.15) is 5.75 Å². The molecule has 98 valence electrons. The molecule has 1 saturated heterocycles. The molecule has 2 aliphatic rings. The lowest BCUT2D eigenvalue weighted by Gasteiger charge is -2.18. The number of Topliss-reactive ketones (excluding diaryl/α,β-unsaturated/α-hetero) is 2. The van der Waals surface area contributed by atoms with Crippen LogP contribution in [-0.2, 0) is 4.74 Å². The van der Waals surface area contributed by atoms with Crippen molar-refractivity contribution in [3.63, 3.8) is 0 Å². The molecule has 0 spiro atoms. The summed E-state index contributed by atoms with van der Waals surface area (Å²) in [6.07, 6.45) is 1.57. The maximum absolute atomic E-state index is 12.5. The predicted octanol–water partition coefficient (Wildman–Crippen LogP) is 2.27. The Morgan fingerprint density at radius 2 is 2.16 bits per heavy atom. The van der Waals surface area contributed by atoms with Crippen LogP contribution in [0.15, 0.2) is 29.8 Å². The van der Waals surface area contributed by atoms with Gasteiger partial charge in [-0.1, -0.05) is 23.8 Å². The Balaban J connectivity index is 2.08. The van der Waals surface area contributed by atoms with E-state index in [1.54, 1.807) is 12.1 Å². The molecule has 1 aromatic carbocycles. The number of fused-ring (bicyclic) bond motifs is 2. The first-order chi connectivity index (χ1) is 8.97. The number of phenolic OH excluding ortho intramolecular Hbond substituents is 1. The third kappa shape index (κ3) is 1.56. The highest BCUT2D eigenvalue weighted by Crippen LogP contribution is 2.50. The zero-order valence-corrected chi connectivity index (χ0v) is 10.8. The van der Waals surface area contributed by atoms with Gasteiger partial charge in [-0.2, -0.15) is 0 Å². The number of allylic oxidation sites excluding steroid dienone is 1. The average molecular weight is 258 g/mol. The summed E-state index contributed by atoms with van der Waals surface area (Å²) in [6, 6.07) is 4.54. The van der Waals surface area contributed by atoms with Gasteiger partial charge in [-0.3, -0.25) is 9.59 Å². The van der Waals surface area contributed by atoms with E-state index in [2.05, 4.69) is 0 Å². The Kier molecular flexibility index (Phi) is 2.41. The van der Waals surface area contributed by atoms with Crippen molar-refractivity contribution in [2.24, 2.45) is 0 Å². The number of carbonyl (C=O) groups excluding carboxylic acids is 2. The van der Waals surface area contributed by atoms with Crippen LogP contribution in [0.4, 0.5) is 0 Å². The van der Waals surface area contributed by atoms with Crippen LogP contribution in [0.25, 0.3) is 0 Å². The van der Waals surface area contributed by atoms with Crippen molar-refractivity contribution in [1.82, 2.24) is 0 Å². The second-order valence-electron chi connectivity index (χ2n) is 5.27. The van der Waals surface area contributed by atoms with Crippen LogP contribution in [0, 0.1) is 0 Å². The van der Waals surface area contributed by atoms with Crippen molar-refractivity contribution >= 4 is 11.6 Å². The zero-order chi connectivity index (χ0) is 13.8. The molecule has 1 aliphatic carbocycles. The molecular formula is C15H14O4. The summed E-state index contributed by atoms with van der Waals surface area (Å²) in [5.41, 5.74) is 0.343. The fourth-order valence-corrected chi connectivity index (χ4v) is 2.55. The number of epoxide rings is 1. The topological polar surface area (TPSA) is 66.9 Å². The monoisotopic (exact) mass is 258 g/mol. The molecule has 1 heterocycles. The van der Waals surface area contributed by atoms with Crippen LogP contribution >= 0.6 is 0 Å². The Labute approximate surface area is 110 Å². The second kappa shape index (κ2) is 3.78. The van der Waals surface area contributed by atoms with Gasteiger partial charge >= 0.3 is 0 Å². The number of carbonyl (C=O) groups is 2. The SMILES string of the molecule is CC(C)=CCC12OC1C(=O)c1cccc(O)c1C2=O. The maximum Gasteiger partial charge on any atom is 0.202 e. The van der Waals surface area contributed by atoms with Gasteiger partial charge in [-0.25, -0.2) is 0 Å². The first kappa shape index (κ1) is 12.1. The highest BCUT2D eigenvalue weighted by molar-refractivity contribution is 6.24. The quantitative estimate of drug-likeness (QED) is 0.652. The van der Waals surface area contributed by atoms with E-state index < -0.39 is 11.7 Å². The van der Waals surface area contributed by atoms with Gasteiger partial charge in [0.25, 0.3) is 0 Å². The van der Waals surface area contributed by atoms with E-state index >= 15 is 0 Å². The molecule has 0 saturated carbocycles. The summed E-state index contributed by atoms with van der Waals surface area (Å²) in [5, 5.41) is 9.83. The summed E-state index contributed by atoms with van der Waals surface area (Å²) in [4.78, 5) is 24.7. The van der Waals surface area contributed by atoms with Crippen LogP contribution < -0.4 is 0 Å².